The van der Waals surface area contributed by atoms with Crippen LogP contribution in [0.25, 0.3) is 10.9 Å². The molecule has 0 aliphatic carbocycles. The van der Waals surface area contributed by atoms with Gasteiger partial charge in [-0.15, -0.1) is 0 Å². The highest BCUT2D eigenvalue weighted by atomic mass is 16.5. The van der Waals surface area contributed by atoms with Gasteiger partial charge < -0.3 is 19.2 Å². The Hall–Kier alpha value is -3.09. The van der Waals surface area contributed by atoms with Crippen LogP contribution in [0.4, 0.5) is 0 Å². The molecule has 0 aliphatic rings. The number of carbonyl (C=O) groups is 1. The Bertz CT molecular complexity index is 961. The highest BCUT2D eigenvalue weighted by molar-refractivity contribution is 5.97. The third-order valence-electron chi connectivity index (χ3n) is 4.31. The number of fused-ring (bicyclic) bond motifs is 1. The van der Waals surface area contributed by atoms with Crippen molar-refractivity contribution >= 4 is 16.8 Å². The first kappa shape index (κ1) is 17.7. The largest absolute Gasteiger partial charge is 0.497 e. The van der Waals surface area contributed by atoms with Crippen molar-refractivity contribution < 1.29 is 9.53 Å². The SMILES string of the molecule is CCn1cc(C(=O)NCCCn2ccnc2)c(=O)c2cc(OC)ccc21. The van der Waals surface area contributed by atoms with Crippen LogP contribution in [0.1, 0.15) is 23.7 Å². The predicted molar refractivity (Wildman–Crippen MR) is 99.6 cm³/mol. The molecule has 0 atom stereocenters. The average molecular weight is 354 g/mol. The first-order valence-corrected chi connectivity index (χ1v) is 8.59. The van der Waals surface area contributed by atoms with Gasteiger partial charge in [-0.25, -0.2) is 4.98 Å². The molecule has 0 aliphatic heterocycles. The molecule has 0 unspecified atom stereocenters. The van der Waals surface area contributed by atoms with Gasteiger partial charge >= 0.3 is 0 Å². The van der Waals surface area contributed by atoms with Gasteiger partial charge in [0.2, 0.25) is 5.43 Å². The van der Waals surface area contributed by atoms with E-state index in [-0.39, 0.29) is 16.9 Å². The molecule has 7 heteroatoms. The Balaban J connectivity index is 1.80. The lowest BCUT2D eigenvalue weighted by molar-refractivity contribution is 0.0951. The van der Waals surface area contributed by atoms with Gasteiger partial charge in [0, 0.05) is 38.2 Å². The van der Waals surface area contributed by atoms with Gasteiger partial charge in [-0.2, -0.15) is 0 Å². The Morgan fingerprint density at radius 1 is 1.35 bits per heavy atom. The van der Waals surface area contributed by atoms with Crippen LogP contribution >= 0.6 is 0 Å². The number of benzene rings is 1. The van der Waals surface area contributed by atoms with Gasteiger partial charge in [-0.3, -0.25) is 9.59 Å². The summed E-state index contributed by atoms with van der Waals surface area (Å²) >= 11 is 0. The smallest absolute Gasteiger partial charge is 0.256 e. The van der Waals surface area contributed by atoms with Crippen molar-refractivity contribution in [2.24, 2.45) is 0 Å². The van der Waals surface area contributed by atoms with E-state index in [1.54, 1.807) is 31.9 Å². The maximum absolute atomic E-state index is 12.8. The molecule has 26 heavy (non-hydrogen) atoms. The van der Waals surface area contributed by atoms with E-state index in [1.165, 1.54) is 0 Å². The van der Waals surface area contributed by atoms with Gasteiger partial charge in [0.15, 0.2) is 0 Å². The number of nitrogens with one attached hydrogen (secondary N) is 1. The third kappa shape index (κ3) is 3.61. The fourth-order valence-corrected chi connectivity index (χ4v) is 2.90. The van der Waals surface area contributed by atoms with E-state index in [4.69, 9.17) is 4.74 Å². The number of aryl methyl sites for hydroxylation is 2. The van der Waals surface area contributed by atoms with Crippen LogP contribution in [0, 0.1) is 0 Å². The van der Waals surface area contributed by atoms with Crippen molar-refractivity contribution in [1.29, 1.82) is 0 Å². The number of nitrogens with zero attached hydrogens (tertiary/aromatic N) is 3. The molecule has 0 fully saturated rings. The van der Waals surface area contributed by atoms with Gasteiger partial charge in [0.25, 0.3) is 5.91 Å². The molecule has 3 rings (SSSR count). The molecule has 0 bridgehead atoms. The van der Waals surface area contributed by atoms with Crippen molar-refractivity contribution in [1.82, 2.24) is 19.4 Å². The van der Waals surface area contributed by atoms with Crippen LogP contribution in [0.3, 0.4) is 0 Å². The predicted octanol–water partition coefficient (Wildman–Crippen LogP) is 2.05. The number of pyridine rings is 1. The van der Waals surface area contributed by atoms with Gasteiger partial charge in [0.1, 0.15) is 11.3 Å². The van der Waals surface area contributed by atoms with E-state index < -0.39 is 0 Å². The van der Waals surface area contributed by atoms with Crippen LogP contribution in [-0.4, -0.2) is 33.7 Å². The monoisotopic (exact) mass is 354 g/mol. The van der Waals surface area contributed by atoms with E-state index >= 15 is 0 Å². The first-order chi connectivity index (χ1) is 12.6. The second-order valence-corrected chi connectivity index (χ2v) is 5.95. The lowest BCUT2D eigenvalue weighted by Gasteiger charge is -2.12. The fraction of sp³-hybridized carbons (Fsp3) is 0.316. The minimum absolute atomic E-state index is 0.148. The number of ether oxygens (including phenoxy) is 1. The number of imidazole rings is 1. The summed E-state index contributed by atoms with van der Waals surface area (Å²) in [5, 5.41) is 3.31. The normalized spacial score (nSPS) is 10.8. The lowest BCUT2D eigenvalue weighted by Crippen LogP contribution is -2.31. The van der Waals surface area contributed by atoms with E-state index in [9.17, 15) is 9.59 Å². The Labute approximate surface area is 151 Å². The maximum Gasteiger partial charge on any atom is 0.256 e. The van der Waals surface area contributed by atoms with Crippen LogP contribution in [0.15, 0.2) is 47.9 Å². The van der Waals surface area contributed by atoms with Crippen molar-refractivity contribution in [3.63, 3.8) is 0 Å². The minimum atomic E-state index is -0.354. The molecule has 2 heterocycles. The summed E-state index contributed by atoms with van der Waals surface area (Å²) in [6.45, 7) is 3.87. The van der Waals surface area contributed by atoms with E-state index in [0.717, 1.165) is 18.5 Å². The standard InChI is InChI=1S/C19H22N4O3/c1-3-23-12-16(18(24)15-11-14(26-2)5-6-17(15)23)19(25)21-7-4-9-22-10-8-20-13-22/h5-6,8,10-13H,3-4,7,9H2,1-2H3,(H,21,25). The maximum atomic E-state index is 12.8. The first-order valence-electron chi connectivity index (χ1n) is 8.59. The second kappa shape index (κ2) is 7.86. The molecule has 1 N–H and O–H groups in total. The molecule has 1 aromatic carbocycles. The highest BCUT2D eigenvalue weighted by Crippen LogP contribution is 2.19. The third-order valence-corrected chi connectivity index (χ3v) is 4.31. The van der Waals surface area contributed by atoms with Gasteiger partial charge in [-0.1, -0.05) is 0 Å². The van der Waals surface area contributed by atoms with Crippen LogP contribution in [0.2, 0.25) is 0 Å². The second-order valence-electron chi connectivity index (χ2n) is 5.95. The molecule has 0 saturated heterocycles. The Morgan fingerprint density at radius 3 is 2.88 bits per heavy atom. The van der Waals surface area contributed by atoms with Crippen LogP contribution < -0.4 is 15.5 Å². The molecule has 3 aromatic rings. The quantitative estimate of drug-likeness (QED) is 0.659. The molecule has 2 aromatic heterocycles. The Kier molecular flexibility index (Phi) is 5.36. The number of hydrogen-bond donors (Lipinski definition) is 1. The van der Waals surface area contributed by atoms with E-state index in [2.05, 4.69) is 10.3 Å². The molecule has 7 nitrogen and oxygen atoms in total. The highest BCUT2D eigenvalue weighted by Gasteiger charge is 2.15. The summed E-state index contributed by atoms with van der Waals surface area (Å²) in [6.07, 6.45) is 7.71. The number of hydrogen-bond acceptors (Lipinski definition) is 4. The summed E-state index contributed by atoms with van der Waals surface area (Å²) < 4.78 is 9.05. The van der Waals surface area contributed by atoms with Crippen molar-refractivity contribution in [2.45, 2.75) is 26.4 Å². The van der Waals surface area contributed by atoms with Crippen molar-refractivity contribution in [3.8, 4) is 5.75 Å². The van der Waals surface area contributed by atoms with Crippen LogP contribution in [0.5, 0.6) is 5.75 Å². The molecular formula is C19H22N4O3. The van der Waals surface area contributed by atoms with E-state index in [1.807, 2.05) is 34.4 Å². The fourth-order valence-electron chi connectivity index (χ4n) is 2.90. The zero-order valence-corrected chi connectivity index (χ0v) is 14.9. The number of rotatable bonds is 7. The van der Waals surface area contributed by atoms with Gasteiger partial charge in [-0.05, 0) is 31.5 Å². The topological polar surface area (TPSA) is 78.2 Å². The summed E-state index contributed by atoms with van der Waals surface area (Å²) in [5.74, 6) is 0.239. The molecule has 1 amide bonds. The molecular weight excluding hydrogens is 332 g/mol. The summed E-state index contributed by atoms with van der Waals surface area (Å²) in [5.41, 5.74) is 0.654. The number of aromatic nitrogens is 3. The molecule has 0 saturated carbocycles. The summed E-state index contributed by atoms with van der Waals surface area (Å²) in [6, 6.07) is 5.33. The Morgan fingerprint density at radius 2 is 2.19 bits per heavy atom. The van der Waals surface area contributed by atoms with Crippen molar-refractivity contribution in [2.75, 3.05) is 13.7 Å². The zero-order chi connectivity index (χ0) is 18.5. The molecule has 0 radical (unpaired) electrons. The lowest BCUT2D eigenvalue weighted by atomic mass is 10.1. The zero-order valence-electron chi connectivity index (χ0n) is 14.9. The van der Waals surface area contributed by atoms with Crippen molar-refractivity contribution in [3.05, 3.63) is 58.9 Å². The summed E-state index contributed by atoms with van der Waals surface area (Å²) in [7, 11) is 1.55. The van der Waals surface area contributed by atoms with E-state index in [0.29, 0.717) is 24.2 Å². The average Bonchev–Trinajstić information content (AvgIpc) is 3.18. The number of carbonyl (C=O) groups excluding carboxylic acids is 1. The molecule has 136 valence electrons. The molecule has 0 spiro atoms. The van der Waals surface area contributed by atoms with Gasteiger partial charge in [0.05, 0.1) is 24.3 Å². The van der Waals surface area contributed by atoms with Crippen LogP contribution in [-0.2, 0) is 13.1 Å². The minimum Gasteiger partial charge on any atom is -0.497 e. The summed E-state index contributed by atoms with van der Waals surface area (Å²) in [4.78, 5) is 29.3. The number of methoxy groups -OCH3 is 1. The number of amides is 1.